The van der Waals surface area contributed by atoms with Crippen LogP contribution in [0, 0.1) is 0 Å². The first-order valence-corrected chi connectivity index (χ1v) is 9.00. The molecule has 0 saturated carbocycles. The van der Waals surface area contributed by atoms with E-state index in [2.05, 4.69) is 13.2 Å². The molecule has 0 aliphatic heterocycles. The molecule has 0 aliphatic carbocycles. The average molecular weight is 349 g/mol. The van der Waals surface area contributed by atoms with Crippen LogP contribution in [-0.4, -0.2) is 13.2 Å². The molecule has 0 atom stereocenters. The van der Waals surface area contributed by atoms with Gasteiger partial charge < -0.3 is 20.9 Å². The number of ether oxygens (including phenoxy) is 2. The molecule has 4 heteroatoms. The van der Waals surface area contributed by atoms with Gasteiger partial charge in [0.25, 0.3) is 0 Å². The van der Waals surface area contributed by atoms with Crippen molar-refractivity contribution in [3.63, 3.8) is 0 Å². The van der Waals surface area contributed by atoms with Crippen LogP contribution in [0.5, 0.6) is 5.75 Å². The summed E-state index contributed by atoms with van der Waals surface area (Å²) in [6.45, 7) is 16.7. The molecule has 0 unspecified atom stereocenters. The van der Waals surface area contributed by atoms with Crippen molar-refractivity contribution < 1.29 is 9.47 Å². The lowest BCUT2D eigenvalue weighted by Crippen LogP contribution is -1.99. The maximum Gasteiger partial charge on any atom is 0.119 e. The lowest BCUT2D eigenvalue weighted by Gasteiger charge is -2.07. The summed E-state index contributed by atoms with van der Waals surface area (Å²) in [5, 5.41) is 0. The Labute approximate surface area is 154 Å². The van der Waals surface area contributed by atoms with Gasteiger partial charge in [-0.1, -0.05) is 40.9 Å². The highest BCUT2D eigenvalue weighted by atomic mass is 16.5. The van der Waals surface area contributed by atoms with E-state index in [0.717, 1.165) is 30.7 Å². The standard InChI is InChI=1S/C17H24N2O2.2C2H6/c1-14(18)6-7-15(2)20-12-4-3-5-13-21-17-10-8-16(19)9-11-17;2*1-2/h6-11H,1-5,12-13,18-19H2;2*1-2H3/b7-6-;;. The third-order valence-electron chi connectivity index (χ3n) is 2.71. The molecule has 0 fully saturated rings. The fourth-order valence-corrected chi connectivity index (χ4v) is 1.59. The van der Waals surface area contributed by atoms with Gasteiger partial charge in [-0.15, -0.1) is 0 Å². The second-order valence-electron chi connectivity index (χ2n) is 4.70. The maximum absolute atomic E-state index is 5.61. The summed E-state index contributed by atoms with van der Waals surface area (Å²) in [5.74, 6) is 1.45. The van der Waals surface area contributed by atoms with Crippen molar-refractivity contribution in [3.8, 4) is 5.75 Å². The number of unbranched alkanes of at least 4 members (excludes halogenated alkanes) is 2. The van der Waals surface area contributed by atoms with Crippen molar-refractivity contribution in [2.24, 2.45) is 5.73 Å². The highest BCUT2D eigenvalue weighted by Gasteiger charge is 1.95. The minimum atomic E-state index is 0.486. The van der Waals surface area contributed by atoms with Crippen molar-refractivity contribution >= 4 is 5.69 Å². The smallest absolute Gasteiger partial charge is 0.119 e. The van der Waals surface area contributed by atoms with Gasteiger partial charge in [0, 0.05) is 11.4 Å². The summed E-state index contributed by atoms with van der Waals surface area (Å²) in [4.78, 5) is 0. The summed E-state index contributed by atoms with van der Waals surface area (Å²) in [6, 6.07) is 7.41. The molecule has 1 rings (SSSR count). The molecular weight excluding hydrogens is 312 g/mol. The van der Waals surface area contributed by atoms with Gasteiger partial charge in [-0.3, -0.25) is 0 Å². The first-order chi connectivity index (χ1) is 12.1. The number of nitrogens with two attached hydrogens (primary N) is 2. The zero-order valence-corrected chi connectivity index (χ0v) is 16.4. The van der Waals surface area contributed by atoms with Gasteiger partial charge in [0.05, 0.1) is 13.2 Å². The molecule has 0 aromatic heterocycles. The minimum absolute atomic E-state index is 0.486. The van der Waals surface area contributed by atoms with Crippen molar-refractivity contribution in [1.82, 2.24) is 0 Å². The van der Waals surface area contributed by atoms with Crippen molar-refractivity contribution in [2.45, 2.75) is 47.0 Å². The molecule has 25 heavy (non-hydrogen) atoms. The van der Waals surface area contributed by atoms with Crippen LogP contribution in [0.3, 0.4) is 0 Å². The number of benzene rings is 1. The summed E-state index contributed by atoms with van der Waals surface area (Å²) in [7, 11) is 0. The highest BCUT2D eigenvalue weighted by molar-refractivity contribution is 5.41. The Bertz CT molecular complexity index is 479. The molecule has 0 aliphatic rings. The largest absolute Gasteiger partial charge is 0.494 e. The Hall–Kier alpha value is -2.36. The summed E-state index contributed by atoms with van der Waals surface area (Å²) >= 11 is 0. The first kappa shape index (κ1) is 24.9. The van der Waals surface area contributed by atoms with E-state index in [1.807, 2.05) is 52.0 Å². The molecule has 0 radical (unpaired) electrons. The van der Waals surface area contributed by atoms with Gasteiger partial charge in [0.1, 0.15) is 11.5 Å². The van der Waals surface area contributed by atoms with Crippen molar-refractivity contribution in [2.75, 3.05) is 18.9 Å². The molecule has 4 nitrogen and oxygen atoms in total. The lowest BCUT2D eigenvalue weighted by molar-refractivity contribution is 0.214. The molecule has 142 valence electrons. The maximum atomic E-state index is 5.61. The van der Waals surface area contributed by atoms with E-state index < -0.39 is 0 Å². The monoisotopic (exact) mass is 348 g/mol. The first-order valence-electron chi connectivity index (χ1n) is 9.00. The Kier molecular flexibility index (Phi) is 17.9. The van der Waals surface area contributed by atoms with Crippen molar-refractivity contribution in [1.29, 1.82) is 0 Å². The van der Waals surface area contributed by atoms with E-state index in [4.69, 9.17) is 20.9 Å². The normalized spacial score (nSPS) is 9.28. The van der Waals surface area contributed by atoms with Gasteiger partial charge in [-0.05, 0) is 55.7 Å². The van der Waals surface area contributed by atoms with Gasteiger partial charge in [-0.2, -0.15) is 0 Å². The van der Waals surface area contributed by atoms with E-state index in [-0.39, 0.29) is 0 Å². The summed E-state index contributed by atoms with van der Waals surface area (Å²) < 4.78 is 11.0. The molecule has 0 saturated heterocycles. The number of hydrogen-bond donors (Lipinski definition) is 2. The fourth-order valence-electron chi connectivity index (χ4n) is 1.59. The molecule has 0 spiro atoms. The van der Waals surface area contributed by atoms with E-state index in [1.165, 1.54) is 0 Å². The van der Waals surface area contributed by atoms with Crippen LogP contribution in [0.25, 0.3) is 0 Å². The number of anilines is 1. The van der Waals surface area contributed by atoms with E-state index >= 15 is 0 Å². The van der Waals surface area contributed by atoms with Crippen LogP contribution in [0.15, 0.2) is 61.0 Å². The van der Waals surface area contributed by atoms with Crippen LogP contribution in [0.4, 0.5) is 5.69 Å². The van der Waals surface area contributed by atoms with Crippen LogP contribution >= 0.6 is 0 Å². The van der Waals surface area contributed by atoms with Gasteiger partial charge >= 0.3 is 0 Å². The zero-order valence-electron chi connectivity index (χ0n) is 16.4. The quantitative estimate of drug-likeness (QED) is 0.256. The van der Waals surface area contributed by atoms with E-state index in [0.29, 0.717) is 24.7 Å². The molecule has 4 N–H and O–H groups in total. The van der Waals surface area contributed by atoms with E-state index in [1.54, 1.807) is 12.2 Å². The van der Waals surface area contributed by atoms with Crippen LogP contribution in [-0.2, 0) is 4.74 Å². The van der Waals surface area contributed by atoms with E-state index in [9.17, 15) is 0 Å². The Morgan fingerprint density at radius 2 is 1.48 bits per heavy atom. The minimum Gasteiger partial charge on any atom is -0.494 e. The van der Waals surface area contributed by atoms with Gasteiger partial charge in [0.15, 0.2) is 0 Å². The number of allylic oxidation sites excluding steroid dienone is 2. The number of rotatable bonds is 10. The van der Waals surface area contributed by atoms with Gasteiger partial charge in [-0.25, -0.2) is 0 Å². The molecular formula is C21H36N2O2. The second-order valence-corrected chi connectivity index (χ2v) is 4.70. The third kappa shape index (κ3) is 16.3. The molecule has 1 aromatic rings. The van der Waals surface area contributed by atoms with Gasteiger partial charge in [0.2, 0.25) is 0 Å². The molecule has 0 bridgehead atoms. The van der Waals surface area contributed by atoms with Crippen LogP contribution in [0.1, 0.15) is 47.0 Å². The second kappa shape index (κ2) is 18.0. The molecule has 0 heterocycles. The highest BCUT2D eigenvalue weighted by Crippen LogP contribution is 2.13. The Balaban J connectivity index is 0. The average Bonchev–Trinajstić information content (AvgIpc) is 2.64. The summed E-state index contributed by atoms with van der Waals surface area (Å²) in [6.07, 6.45) is 6.36. The third-order valence-corrected chi connectivity index (χ3v) is 2.71. The predicted octanol–water partition coefficient (Wildman–Crippen LogP) is 5.43. The van der Waals surface area contributed by atoms with Crippen molar-refractivity contribution in [3.05, 3.63) is 61.0 Å². The Morgan fingerprint density at radius 3 is 2.04 bits per heavy atom. The SMILES string of the molecule is C=C(N)/C=C\C(=C)OCCCCCOc1ccc(N)cc1.CC.CC. The fraction of sp³-hybridized carbons (Fsp3) is 0.429. The number of hydrogen-bond acceptors (Lipinski definition) is 4. The van der Waals surface area contributed by atoms with Crippen LogP contribution < -0.4 is 16.2 Å². The molecule has 0 amide bonds. The molecule has 1 aromatic carbocycles. The topological polar surface area (TPSA) is 70.5 Å². The summed E-state index contributed by atoms with van der Waals surface area (Å²) in [5.41, 5.74) is 12.2. The zero-order chi connectivity index (χ0) is 19.5. The van der Waals surface area contributed by atoms with Crippen LogP contribution in [0.2, 0.25) is 0 Å². The lowest BCUT2D eigenvalue weighted by atomic mass is 10.2. The predicted molar refractivity (Wildman–Crippen MR) is 110 cm³/mol. The Morgan fingerprint density at radius 1 is 0.920 bits per heavy atom. The number of nitrogen functional groups attached to an aromatic ring is 1.